The highest BCUT2D eigenvalue weighted by molar-refractivity contribution is 7.91. The first-order valence-electron chi connectivity index (χ1n) is 11.3. The van der Waals surface area contributed by atoms with Crippen LogP contribution in [0.4, 0.5) is 4.39 Å². The molecule has 1 saturated heterocycles. The molecule has 3 aromatic rings. The van der Waals surface area contributed by atoms with Crippen molar-refractivity contribution in [3.05, 3.63) is 70.2 Å². The van der Waals surface area contributed by atoms with Crippen molar-refractivity contribution in [1.29, 1.82) is 0 Å². The lowest BCUT2D eigenvalue weighted by Crippen LogP contribution is -2.44. The van der Waals surface area contributed by atoms with Crippen LogP contribution < -0.4 is 0 Å². The highest BCUT2D eigenvalue weighted by Gasteiger charge is 2.34. The van der Waals surface area contributed by atoms with E-state index in [1.165, 1.54) is 21.9 Å². The van der Waals surface area contributed by atoms with Crippen molar-refractivity contribution in [2.45, 2.75) is 19.4 Å². The Labute approximate surface area is 201 Å². The summed E-state index contributed by atoms with van der Waals surface area (Å²) in [5.74, 6) is -1.26. The van der Waals surface area contributed by atoms with Crippen molar-refractivity contribution in [3.63, 3.8) is 0 Å². The molecule has 0 atom stereocenters. The number of pyridine rings is 1. The van der Waals surface area contributed by atoms with Crippen molar-refractivity contribution in [2.75, 3.05) is 31.6 Å². The van der Waals surface area contributed by atoms with Gasteiger partial charge < -0.3 is 14.9 Å². The molecule has 2 aliphatic heterocycles. The number of nitrogens with zero attached hydrogens (tertiary/aromatic N) is 3. The Morgan fingerprint density at radius 1 is 1.14 bits per heavy atom. The van der Waals surface area contributed by atoms with Gasteiger partial charge in [-0.05, 0) is 46.9 Å². The number of aromatic nitrogens is 1. The SMILES string of the molecule is CN1Cc2c(c(O)c3ncc(Cc4ccc(F)cc4)cc3c2CC(=O)N2CCS(=O)(=O)CC2)C1=O. The summed E-state index contributed by atoms with van der Waals surface area (Å²) in [6.07, 6.45) is 2.03. The predicted octanol–water partition coefficient (Wildman–Crippen LogP) is 2.06. The zero-order valence-corrected chi connectivity index (χ0v) is 19.9. The van der Waals surface area contributed by atoms with E-state index in [1.807, 2.05) is 6.07 Å². The summed E-state index contributed by atoms with van der Waals surface area (Å²) in [5.41, 5.74) is 3.26. The number of benzene rings is 2. The molecule has 182 valence electrons. The smallest absolute Gasteiger partial charge is 0.258 e. The third kappa shape index (κ3) is 4.34. The van der Waals surface area contributed by atoms with Gasteiger partial charge in [0.1, 0.15) is 11.3 Å². The number of phenols is 1. The maximum atomic E-state index is 13.3. The molecule has 2 amide bonds. The molecular weight excluding hydrogens is 473 g/mol. The van der Waals surface area contributed by atoms with Crippen molar-refractivity contribution in [3.8, 4) is 5.75 Å². The second-order valence-corrected chi connectivity index (χ2v) is 11.4. The van der Waals surface area contributed by atoms with E-state index in [4.69, 9.17) is 0 Å². The van der Waals surface area contributed by atoms with E-state index in [-0.39, 0.29) is 72.0 Å². The third-order valence-corrected chi connectivity index (χ3v) is 8.31. The zero-order valence-electron chi connectivity index (χ0n) is 19.1. The van der Waals surface area contributed by atoms with Gasteiger partial charge in [0.25, 0.3) is 5.91 Å². The largest absolute Gasteiger partial charge is 0.505 e. The molecule has 0 bridgehead atoms. The number of fused-ring (bicyclic) bond motifs is 2. The number of sulfone groups is 1. The first kappa shape index (κ1) is 23.2. The molecule has 35 heavy (non-hydrogen) atoms. The topological polar surface area (TPSA) is 108 Å². The summed E-state index contributed by atoms with van der Waals surface area (Å²) < 4.78 is 36.9. The minimum absolute atomic E-state index is 0.0397. The number of amides is 2. The van der Waals surface area contributed by atoms with Crippen LogP contribution in [0.25, 0.3) is 10.9 Å². The highest BCUT2D eigenvalue weighted by Crippen LogP contribution is 2.40. The number of carbonyl (C=O) groups excluding carboxylic acids is 2. The Morgan fingerprint density at radius 2 is 1.83 bits per heavy atom. The molecular formula is C25H24FN3O5S. The second kappa shape index (κ2) is 8.60. The summed E-state index contributed by atoms with van der Waals surface area (Å²) in [7, 11) is -1.51. The fraction of sp³-hybridized carbons (Fsp3) is 0.320. The van der Waals surface area contributed by atoms with Crippen LogP contribution in [0.1, 0.15) is 32.6 Å². The minimum atomic E-state index is -3.14. The van der Waals surface area contributed by atoms with Gasteiger partial charge in [-0.2, -0.15) is 0 Å². The lowest BCUT2D eigenvalue weighted by molar-refractivity contribution is -0.130. The highest BCUT2D eigenvalue weighted by atomic mass is 32.2. The average Bonchev–Trinajstić information content (AvgIpc) is 3.12. The van der Waals surface area contributed by atoms with Crippen LogP contribution in [0.15, 0.2) is 36.5 Å². The van der Waals surface area contributed by atoms with E-state index in [1.54, 1.807) is 25.4 Å². The maximum absolute atomic E-state index is 13.3. The van der Waals surface area contributed by atoms with Gasteiger partial charge >= 0.3 is 0 Å². The zero-order chi connectivity index (χ0) is 24.9. The van der Waals surface area contributed by atoms with E-state index >= 15 is 0 Å². The Balaban J connectivity index is 1.57. The second-order valence-electron chi connectivity index (χ2n) is 9.09. The number of hydrogen-bond acceptors (Lipinski definition) is 6. The van der Waals surface area contributed by atoms with E-state index in [0.29, 0.717) is 22.9 Å². The summed E-state index contributed by atoms with van der Waals surface area (Å²) in [4.78, 5) is 33.4. The molecule has 1 fully saturated rings. The molecule has 8 nitrogen and oxygen atoms in total. The van der Waals surface area contributed by atoms with Crippen LogP contribution in [-0.2, 0) is 34.0 Å². The van der Waals surface area contributed by atoms with E-state index in [0.717, 1.165) is 11.1 Å². The van der Waals surface area contributed by atoms with Crippen LogP contribution in [0.5, 0.6) is 5.75 Å². The van der Waals surface area contributed by atoms with E-state index in [9.17, 15) is 27.5 Å². The number of carbonyl (C=O) groups is 2. The number of hydrogen-bond donors (Lipinski definition) is 1. The maximum Gasteiger partial charge on any atom is 0.258 e. The predicted molar refractivity (Wildman–Crippen MR) is 127 cm³/mol. The van der Waals surface area contributed by atoms with Crippen LogP contribution in [0.3, 0.4) is 0 Å². The lowest BCUT2D eigenvalue weighted by Gasteiger charge is -2.27. The Kier molecular flexibility index (Phi) is 5.71. The molecule has 0 radical (unpaired) electrons. The normalized spacial score (nSPS) is 17.1. The standard InChI is InChI=1S/C25H24FN3O5S/c1-28-14-20-18(12-21(30)29-6-8-35(33,34)9-7-29)19-11-16(10-15-2-4-17(26)5-3-15)13-27-23(19)24(31)22(20)25(28)32/h2-5,11,13,31H,6-10,12,14H2,1H3. The fourth-order valence-corrected chi connectivity index (χ4v) is 5.97. The molecule has 3 heterocycles. The Morgan fingerprint density at radius 3 is 2.51 bits per heavy atom. The van der Waals surface area contributed by atoms with Crippen molar-refractivity contribution < 1.29 is 27.5 Å². The van der Waals surface area contributed by atoms with Gasteiger partial charge in [0.05, 0.1) is 23.5 Å². The molecule has 2 aliphatic rings. The number of rotatable bonds is 4. The van der Waals surface area contributed by atoms with Gasteiger partial charge in [-0.15, -0.1) is 0 Å². The van der Waals surface area contributed by atoms with E-state index in [2.05, 4.69) is 4.98 Å². The van der Waals surface area contributed by atoms with Gasteiger partial charge in [-0.25, -0.2) is 12.8 Å². The van der Waals surface area contributed by atoms with Crippen molar-refractivity contribution in [1.82, 2.24) is 14.8 Å². The van der Waals surface area contributed by atoms with Crippen molar-refractivity contribution >= 4 is 32.6 Å². The first-order valence-corrected chi connectivity index (χ1v) is 13.1. The fourth-order valence-electron chi connectivity index (χ4n) is 4.77. The molecule has 5 rings (SSSR count). The van der Waals surface area contributed by atoms with Crippen LogP contribution in [0, 0.1) is 5.82 Å². The molecule has 10 heteroatoms. The lowest BCUT2D eigenvalue weighted by atomic mass is 9.92. The number of phenolic OH excluding ortho intramolecular Hbond substituents is 1. The molecule has 0 spiro atoms. The molecule has 1 N–H and O–H groups in total. The summed E-state index contributed by atoms with van der Waals surface area (Å²) >= 11 is 0. The van der Waals surface area contributed by atoms with E-state index < -0.39 is 9.84 Å². The molecule has 0 saturated carbocycles. The van der Waals surface area contributed by atoms with Crippen LogP contribution in [-0.4, -0.2) is 71.8 Å². The first-order chi connectivity index (χ1) is 16.6. The Hall–Kier alpha value is -3.53. The monoisotopic (exact) mass is 497 g/mol. The minimum Gasteiger partial charge on any atom is -0.505 e. The van der Waals surface area contributed by atoms with Crippen LogP contribution >= 0.6 is 0 Å². The number of halogens is 1. The quantitative estimate of drug-likeness (QED) is 0.591. The average molecular weight is 498 g/mol. The van der Waals surface area contributed by atoms with Crippen LogP contribution in [0.2, 0.25) is 0 Å². The molecule has 0 unspecified atom stereocenters. The number of aromatic hydroxyl groups is 1. The summed E-state index contributed by atoms with van der Waals surface area (Å²) in [6.45, 7) is 0.509. The summed E-state index contributed by atoms with van der Waals surface area (Å²) in [5, 5.41) is 11.5. The Bertz CT molecular complexity index is 1460. The van der Waals surface area contributed by atoms with Gasteiger partial charge in [-0.1, -0.05) is 12.1 Å². The van der Waals surface area contributed by atoms with Gasteiger partial charge in [-0.3, -0.25) is 14.6 Å². The molecule has 0 aliphatic carbocycles. The van der Waals surface area contributed by atoms with Gasteiger partial charge in [0, 0.05) is 38.3 Å². The molecule has 2 aromatic carbocycles. The summed E-state index contributed by atoms with van der Waals surface area (Å²) in [6, 6.07) is 7.97. The third-order valence-electron chi connectivity index (χ3n) is 6.70. The molecule has 1 aromatic heterocycles. The van der Waals surface area contributed by atoms with Crippen molar-refractivity contribution in [2.24, 2.45) is 0 Å². The van der Waals surface area contributed by atoms with Gasteiger partial charge in [0.2, 0.25) is 5.91 Å². The van der Waals surface area contributed by atoms with Gasteiger partial charge in [0.15, 0.2) is 15.6 Å².